The summed E-state index contributed by atoms with van der Waals surface area (Å²) in [6, 6.07) is 6.90. The molecular formula is C17H26N4O2. The fourth-order valence-electron chi connectivity index (χ4n) is 2.85. The van der Waals surface area contributed by atoms with Crippen LogP contribution in [0.15, 0.2) is 24.3 Å². The van der Waals surface area contributed by atoms with Crippen molar-refractivity contribution in [3.8, 4) is 0 Å². The minimum atomic E-state index is -0.531. The van der Waals surface area contributed by atoms with Gasteiger partial charge < -0.3 is 16.8 Å². The van der Waals surface area contributed by atoms with Gasteiger partial charge in [0.2, 0.25) is 11.8 Å². The molecule has 0 aliphatic carbocycles. The molecule has 23 heavy (non-hydrogen) atoms. The molecule has 6 nitrogen and oxygen atoms in total. The third-order valence-electron chi connectivity index (χ3n) is 4.29. The quantitative estimate of drug-likeness (QED) is 0.730. The van der Waals surface area contributed by atoms with E-state index in [4.69, 9.17) is 11.5 Å². The van der Waals surface area contributed by atoms with E-state index in [0.29, 0.717) is 6.54 Å². The highest BCUT2D eigenvalue weighted by molar-refractivity contribution is 5.94. The molecule has 0 saturated carbocycles. The summed E-state index contributed by atoms with van der Waals surface area (Å²) in [5, 5.41) is 2.85. The lowest BCUT2D eigenvalue weighted by molar-refractivity contribution is -0.122. The van der Waals surface area contributed by atoms with Gasteiger partial charge >= 0.3 is 0 Å². The van der Waals surface area contributed by atoms with Crippen molar-refractivity contribution >= 4 is 17.5 Å². The monoisotopic (exact) mass is 318 g/mol. The first-order valence-electron chi connectivity index (χ1n) is 8.07. The third-order valence-corrected chi connectivity index (χ3v) is 4.29. The van der Waals surface area contributed by atoms with E-state index in [-0.39, 0.29) is 23.8 Å². The molecule has 2 amide bonds. The molecule has 2 rings (SSSR count). The Morgan fingerprint density at radius 2 is 2.13 bits per heavy atom. The molecule has 1 aromatic rings. The molecule has 126 valence electrons. The number of anilines is 1. The number of primary amides is 1. The smallest absolute Gasteiger partial charge is 0.241 e. The Morgan fingerprint density at radius 3 is 2.78 bits per heavy atom. The standard InChI is InChI=1S/C17H26N4O2/c1-11(2)15(18)17(23)20-13-6-3-5-12(9-13)10-21-8-4-7-14(21)16(19)22/h3,5-6,9,11,14-15H,4,7-8,10,18H2,1-2H3,(H2,19,22)(H,20,23)/t14?,15-/m0/s1. The second-order valence-electron chi connectivity index (χ2n) is 6.49. The van der Waals surface area contributed by atoms with Gasteiger partial charge in [0.25, 0.3) is 0 Å². The molecule has 1 unspecified atom stereocenters. The zero-order chi connectivity index (χ0) is 17.0. The van der Waals surface area contributed by atoms with E-state index in [1.54, 1.807) is 0 Å². The molecule has 1 fully saturated rings. The molecule has 1 saturated heterocycles. The Morgan fingerprint density at radius 1 is 1.39 bits per heavy atom. The number of rotatable bonds is 6. The Hall–Kier alpha value is -1.92. The Bertz CT molecular complexity index is 573. The number of carbonyl (C=O) groups is 2. The van der Waals surface area contributed by atoms with E-state index < -0.39 is 6.04 Å². The fourth-order valence-corrected chi connectivity index (χ4v) is 2.85. The van der Waals surface area contributed by atoms with Gasteiger partial charge in [-0.3, -0.25) is 14.5 Å². The average Bonchev–Trinajstić information content (AvgIpc) is 2.95. The van der Waals surface area contributed by atoms with Crippen molar-refractivity contribution in [3.63, 3.8) is 0 Å². The maximum absolute atomic E-state index is 12.0. The molecule has 0 radical (unpaired) electrons. The molecule has 5 N–H and O–H groups in total. The lowest BCUT2D eigenvalue weighted by atomic mass is 10.0. The van der Waals surface area contributed by atoms with E-state index in [0.717, 1.165) is 30.6 Å². The lowest BCUT2D eigenvalue weighted by Gasteiger charge is -2.22. The van der Waals surface area contributed by atoms with E-state index in [2.05, 4.69) is 10.2 Å². The number of hydrogen-bond donors (Lipinski definition) is 3. The number of hydrogen-bond acceptors (Lipinski definition) is 4. The fraction of sp³-hybridized carbons (Fsp3) is 0.529. The first kappa shape index (κ1) is 17.4. The Kier molecular flexibility index (Phi) is 5.74. The van der Waals surface area contributed by atoms with E-state index in [1.807, 2.05) is 38.1 Å². The van der Waals surface area contributed by atoms with Crippen molar-refractivity contribution in [2.24, 2.45) is 17.4 Å². The highest BCUT2D eigenvalue weighted by Crippen LogP contribution is 2.21. The first-order chi connectivity index (χ1) is 10.9. The predicted molar refractivity (Wildman–Crippen MR) is 90.5 cm³/mol. The molecular weight excluding hydrogens is 292 g/mol. The van der Waals surface area contributed by atoms with Crippen LogP contribution < -0.4 is 16.8 Å². The van der Waals surface area contributed by atoms with Crippen LogP contribution in [-0.2, 0) is 16.1 Å². The van der Waals surface area contributed by atoms with Crippen LogP contribution in [0.1, 0.15) is 32.3 Å². The highest BCUT2D eigenvalue weighted by Gasteiger charge is 2.28. The van der Waals surface area contributed by atoms with Gasteiger partial charge in [-0.15, -0.1) is 0 Å². The molecule has 6 heteroatoms. The molecule has 1 heterocycles. The van der Waals surface area contributed by atoms with Gasteiger partial charge in [-0.2, -0.15) is 0 Å². The normalized spacial score (nSPS) is 19.7. The van der Waals surface area contributed by atoms with E-state index in [1.165, 1.54) is 0 Å². The third kappa shape index (κ3) is 4.53. The number of nitrogens with zero attached hydrogens (tertiary/aromatic N) is 1. The highest BCUT2D eigenvalue weighted by atomic mass is 16.2. The average molecular weight is 318 g/mol. The second kappa shape index (κ2) is 7.57. The summed E-state index contributed by atoms with van der Waals surface area (Å²) in [5.41, 5.74) is 13.1. The first-order valence-corrected chi connectivity index (χ1v) is 8.07. The SMILES string of the molecule is CC(C)[C@H](N)C(=O)Nc1cccc(CN2CCCC2C(N)=O)c1. The summed E-state index contributed by atoms with van der Waals surface area (Å²) in [6.45, 7) is 5.34. The summed E-state index contributed by atoms with van der Waals surface area (Å²) < 4.78 is 0. The minimum Gasteiger partial charge on any atom is -0.368 e. The van der Waals surface area contributed by atoms with Crippen LogP contribution in [0.3, 0.4) is 0 Å². The van der Waals surface area contributed by atoms with Crippen LogP contribution in [0.25, 0.3) is 0 Å². The van der Waals surface area contributed by atoms with Crippen molar-refractivity contribution in [3.05, 3.63) is 29.8 Å². The Labute approximate surface area is 137 Å². The zero-order valence-corrected chi connectivity index (χ0v) is 13.8. The minimum absolute atomic E-state index is 0.0825. The molecule has 2 atom stereocenters. The summed E-state index contributed by atoms with van der Waals surface area (Å²) in [4.78, 5) is 25.6. The molecule has 0 bridgehead atoms. The second-order valence-corrected chi connectivity index (χ2v) is 6.49. The van der Waals surface area contributed by atoms with Crippen molar-refractivity contribution in [1.29, 1.82) is 0 Å². The molecule has 0 aromatic heterocycles. The lowest BCUT2D eigenvalue weighted by Crippen LogP contribution is -2.40. The van der Waals surface area contributed by atoms with E-state index >= 15 is 0 Å². The molecule has 1 aliphatic rings. The Balaban J connectivity index is 2.02. The van der Waals surface area contributed by atoms with Crippen molar-refractivity contribution in [1.82, 2.24) is 4.90 Å². The van der Waals surface area contributed by atoms with Crippen molar-refractivity contribution < 1.29 is 9.59 Å². The number of nitrogens with one attached hydrogen (secondary N) is 1. The van der Waals surface area contributed by atoms with Gasteiger partial charge in [0.1, 0.15) is 0 Å². The maximum Gasteiger partial charge on any atom is 0.241 e. The van der Waals surface area contributed by atoms with Crippen molar-refractivity contribution in [2.75, 3.05) is 11.9 Å². The number of benzene rings is 1. The maximum atomic E-state index is 12.0. The number of nitrogens with two attached hydrogens (primary N) is 2. The predicted octanol–water partition coefficient (Wildman–Crippen LogP) is 1.06. The number of carbonyl (C=O) groups excluding carboxylic acids is 2. The van der Waals surface area contributed by atoms with Gasteiger partial charge in [0.15, 0.2) is 0 Å². The van der Waals surface area contributed by atoms with Gasteiger partial charge in [-0.05, 0) is 43.0 Å². The molecule has 0 spiro atoms. The van der Waals surface area contributed by atoms with Gasteiger partial charge in [-0.25, -0.2) is 0 Å². The van der Waals surface area contributed by atoms with Gasteiger partial charge in [-0.1, -0.05) is 26.0 Å². The topological polar surface area (TPSA) is 101 Å². The largest absolute Gasteiger partial charge is 0.368 e. The summed E-state index contributed by atoms with van der Waals surface area (Å²) in [5.74, 6) is -0.373. The molecule has 1 aliphatic heterocycles. The molecule has 1 aromatic carbocycles. The van der Waals surface area contributed by atoms with Crippen LogP contribution in [0.4, 0.5) is 5.69 Å². The van der Waals surface area contributed by atoms with E-state index in [9.17, 15) is 9.59 Å². The number of amides is 2. The van der Waals surface area contributed by atoms with Gasteiger partial charge in [0.05, 0.1) is 12.1 Å². The summed E-state index contributed by atoms with van der Waals surface area (Å²) >= 11 is 0. The van der Waals surface area contributed by atoms with Crippen LogP contribution >= 0.6 is 0 Å². The van der Waals surface area contributed by atoms with Gasteiger partial charge in [0, 0.05) is 12.2 Å². The summed E-state index contributed by atoms with van der Waals surface area (Å²) in [6.07, 6.45) is 1.79. The number of likely N-dealkylation sites (tertiary alicyclic amines) is 1. The van der Waals surface area contributed by atoms with Crippen LogP contribution in [0.5, 0.6) is 0 Å². The van der Waals surface area contributed by atoms with Crippen molar-refractivity contribution in [2.45, 2.75) is 45.3 Å². The summed E-state index contributed by atoms with van der Waals surface area (Å²) in [7, 11) is 0. The van der Waals surface area contributed by atoms with Crippen LogP contribution in [0.2, 0.25) is 0 Å². The van der Waals surface area contributed by atoms with Crippen LogP contribution in [-0.4, -0.2) is 35.3 Å². The van der Waals surface area contributed by atoms with Crippen LogP contribution in [0, 0.1) is 5.92 Å². The zero-order valence-electron chi connectivity index (χ0n) is 13.8.